The maximum Gasteiger partial charge on any atom is 0.323 e. The zero-order valence-electron chi connectivity index (χ0n) is 14.1. The van der Waals surface area contributed by atoms with E-state index in [1.54, 1.807) is 0 Å². The first-order valence-electron chi connectivity index (χ1n) is 8.20. The lowest BCUT2D eigenvalue weighted by Gasteiger charge is -2.16. The number of carbonyl (C=O) groups excluding carboxylic acids is 2. The highest BCUT2D eigenvalue weighted by Gasteiger charge is 2.45. The third kappa shape index (κ3) is 4.74. The Hall–Kier alpha value is -2.12. The molecular formula is C14H24N6O6. The van der Waals surface area contributed by atoms with Crippen LogP contribution in [0.2, 0.25) is 0 Å². The highest BCUT2D eigenvalue weighted by molar-refractivity contribution is 5.88. The summed E-state index contributed by atoms with van der Waals surface area (Å²) >= 11 is 0. The fourth-order valence-electron chi connectivity index (χ4n) is 2.49. The summed E-state index contributed by atoms with van der Waals surface area (Å²) in [5.74, 6) is -1.73. The van der Waals surface area contributed by atoms with E-state index in [0.717, 1.165) is 17.4 Å². The molecule has 0 bridgehead atoms. The Morgan fingerprint density at radius 2 is 2.08 bits per heavy atom. The van der Waals surface area contributed by atoms with Crippen molar-refractivity contribution in [2.75, 3.05) is 13.2 Å². The van der Waals surface area contributed by atoms with Crippen LogP contribution in [0.5, 0.6) is 0 Å². The standard InChI is InChI=1S/C14H24N6O6/c15-4-2-1-3-7(16)14(24)25-5-8-9(21)10(22)13(26-8)20-6-18-12(19-20)11(17)23/h6-10,13,21-22H,1-5,15-16H2,(H2,17,23)/t7-,8+,9+,10+,13+/m0/s1. The van der Waals surface area contributed by atoms with Crippen LogP contribution in [0.4, 0.5) is 0 Å². The summed E-state index contributed by atoms with van der Waals surface area (Å²) in [6.07, 6.45) is -1.76. The molecule has 0 unspecified atom stereocenters. The average Bonchev–Trinajstić information content (AvgIpc) is 3.20. The van der Waals surface area contributed by atoms with Gasteiger partial charge in [0.2, 0.25) is 5.82 Å². The Morgan fingerprint density at radius 1 is 1.35 bits per heavy atom. The Labute approximate surface area is 149 Å². The van der Waals surface area contributed by atoms with E-state index in [9.17, 15) is 19.8 Å². The third-order valence-corrected chi connectivity index (χ3v) is 3.99. The molecule has 0 radical (unpaired) electrons. The molecule has 2 heterocycles. The maximum atomic E-state index is 11.9. The number of hydrogen-bond donors (Lipinski definition) is 5. The Balaban J connectivity index is 1.88. The number of nitrogens with zero attached hydrogens (tertiary/aromatic N) is 3. The van der Waals surface area contributed by atoms with E-state index < -0.39 is 42.5 Å². The molecule has 0 saturated carbocycles. The molecule has 0 aromatic carbocycles. The predicted molar refractivity (Wildman–Crippen MR) is 86.3 cm³/mol. The molecule has 26 heavy (non-hydrogen) atoms. The van der Waals surface area contributed by atoms with Crippen LogP contribution in [-0.2, 0) is 14.3 Å². The zero-order chi connectivity index (χ0) is 19.3. The number of rotatable bonds is 9. The first-order chi connectivity index (χ1) is 12.3. The van der Waals surface area contributed by atoms with Crippen LogP contribution in [-0.4, -0.2) is 74.4 Å². The lowest BCUT2D eigenvalue weighted by molar-refractivity contribution is -0.152. The van der Waals surface area contributed by atoms with E-state index in [4.69, 9.17) is 26.7 Å². The van der Waals surface area contributed by atoms with Gasteiger partial charge in [-0.15, -0.1) is 5.10 Å². The molecule has 8 N–H and O–H groups in total. The molecule has 1 amide bonds. The smallest absolute Gasteiger partial charge is 0.323 e. The first kappa shape index (κ1) is 20.2. The maximum absolute atomic E-state index is 11.9. The normalized spacial score (nSPS) is 26.6. The summed E-state index contributed by atoms with van der Waals surface area (Å²) in [4.78, 5) is 26.6. The number of aliphatic hydroxyl groups excluding tert-OH is 2. The highest BCUT2D eigenvalue weighted by Crippen LogP contribution is 2.29. The lowest BCUT2D eigenvalue weighted by Crippen LogP contribution is -2.38. The minimum atomic E-state index is -1.36. The van der Waals surface area contributed by atoms with Crippen LogP contribution in [0.3, 0.4) is 0 Å². The number of aromatic nitrogens is 3. The number of ether oxygens (including phenoxy) is 2. The molecule has 1 fully saturated rings. The van der Waals surface area contributed by atoms with Gasteiger partial charge in [-0.2, -0.15) is 0 Å². The topological polar surface area (TPSA) is 202 Å². The first-order valence-corrected chi connectivity index (χ1v) is 8.20. The SMILES string of the molecule is NCCCC[C@H](N)C(=O)OC[C@H]1O[C@@H](n2cnc(C(N)=O)n2)[C@H](O)[C@@H]1O. The largest absolute Gasteiger partial charge is 0.462 e. The lowest BCUT2D eigenvalue weighted by atomic mass is 10.1. The number of amides is 1. The average molecular weight is 372 g/mol. The second-order valence-corrected chi connectivity index (χ2v) is 5.98. The van der Waals surface area contributed by atoms with Gasteiger partial charge in [-0.05, 0) is 19.4 Å². The van der Waals surface area contributed by atoms with Crippen molar-refractivity contribution in [1.29, 1.82) is 0 Å². The molecule has 0 aliphatic carbocycles. The van der Waals surface area contributed by atoms with Gasteiger partial charge in [0.25, 0.3) is 5.91 Å². The van der Waals surface area contributed by atoms with Gasteiger partial charge in [0.05, 0.1) is 0 Å². The monoisotopic (exact) mass is 372 g/mol. The van der Waals surface area contributed by atoms with Gasteiger partial charge in [-0.3, -0.25) is 9.59 Å². The van der Waals surface area contributed by atoms with Crippen LogP contribution < -0.4 is 17.2 Å². The van der Waals surface area contributed by atoms with Gasteiger partial charge >= 0.3 is 5.97 Å². The molecule has 1 aliphatic heterocycles. The summed E-state index contributed by atoms with van der Waals surface area (Å²) in [7, 11) is 0. The van der Waals surface area contributed by atoms with E-state index >= 15 is 0 Å². The van der Waals surface area contributed by atoms with Crippen LogP contribution in [0, 0.1) is 0 Å². The minimum Gasteiger partial charge on any atom is -0.462 e. The van der Waals surface area contributed by atoms with Crippen molar-refractivity contribution in [3.05, 3.63) is 12.2 Å². The Kier molecular flexibility index (Phi) is 6.99. The van der Waals surface area contributed by atoms with Crippen molar-refractivity contribution in [3.63, 3.8) is 0 Å². The number of primary amides is 1. The number of hydrogen-bond acceptors (Lipinski definition) is 10. The van der Waals surface area contributed by atoms with Crippen molar-refractivity contribution < 1.29 is 29.3 Å². The number of carbonyl (C=O) groups is 2. The van der Waals surface area contributed by atoms with Crippen LogP contribution >= 0.6 is 0 Å². The number of unbranched alkanes of at least 4 members (excludes halogenated alkanes) is 1. The zero-order valence-corrected chi connectivity index (χ0v) is 14.1. The molecule has 12 heteroatoms. The van der Waals surface area contributed by atoms with E-state index in [1.807, 2.05) is 0 Å². The molecule has 1 aliphatic rings. The fourth-order valence-corrected chi connectivity index (χ4v) is 2.49. The van der Waals surface area contributed by atoms with Crippen molar-refractivity contribution in [2.24, 2.45) is 17.2 Å². The van der Waals surface area contributed by atoms with Crippen molar-refractivity contribution in [1.82, 2.24) is 14.8 Å². The van der Waals surface area contributed by atoms with E-state index in [-0.39, 0.29) is 12.4 Å². The fraction of sp³-hybridized carbons (Fsp3) is 0.714. The van der Waals surface area contributed by atoms with Crippen LogP contribution in [0.25, 0.3) is 0 Å². The van der Waals surface area contributed by atoms with Crippen molar-refractivity contribution in [2.45, 2.75) is 49.8 Å². The molecule has 0 spiro atoms. The second-order valence-electron chi connectivity index (χ2n) is 5.98. The van der Waals surface area contributed by atoms with Crippen molar-refractivity contribution >= 4 is 11.9 Å². The van der Waals surface area contributed by atoms with E-state index in [0.29, 0.717) is 19.4 Å². The summed E-state index contributed by atoms with van der Waals surface area (Å²) in [5, 5.41) is 23.9. The van der Waals surface area contributed by atoms with Gasteiger partial charge in [0.15, 0.2) is 6.23 Å². The quantitative estimate of drug-likeness (QED) is 0.219. The molecule has 1 aromatic rings. The van der Waals surface area contributed by atoms with Gasteiger partial charge in [-0.1, -0.05) is 6.42 Å². The van der Waals surface area contributed by atoms with Crippen molar-refractivity contribution in [3.8, 4) is 0 Å². The number of esters is 1. The molecule has 1 saturated heterocycles. The third-order valence-electron chi connectivity index (χ3n) is 3.99. The minimum absolute atomic E-state index is 0.256. The number of aliphatic hydroxyl groups is 2. The van der Waals surface area contributed by atoms with Gasteiger partial charge < -0.3 is 36.9 Å². The summed E-state index contributed by atoms with van der Waals surface area (Å²) in [6, 6.07) is -0.797. The summed E-state index contributed by atoms with van der Waals surface area (Å²) in [5.41, 5.74) is 16.2. The summed E-state index contributed by atoms with van der Waals surface area (Å²) in [6.45, 7) is 0.221. The number of nitrogens with two attached hydrogens (primary N) is 3. The second kappa shape index (κ2) is 9.00. The van der Waals surface area contributed by atoms with E-state index in [2.05, 4.69) is 10.1 Å². The highest BCUT2D eigenvalue weighted by atomic mass is 16.6. The molecule has 1 aromatic heterocycles. The van der Waals surface area contributed by atoms with Gasteiger partial charge in [0.1, 0.15) is 37.3 Å². The Morgan fingerprint density at radius 3 is 2.69 bits per heavy atom. The molecular weight excluding hydrogens is 348 g/mol. The van der Waals surface area contributed by atoms with E-state index in [1.165, 1.54) is 0 Å². The molecule has 5 atom stereocenters. The predicted octanol–water partition coefficient (Wildman–Crippen LogP) is -3.00. The molecule has 2 rings (SSSR count). The Bertz CT molecular complexity index is 625. The summed E-state index contributed by atoms with van der Waals surface area (Å²) < 4.78 is 11.6. The molecule has 146 valence electrons. The van der Waals surface area contributed by atoms with Crippen LogP contribution in [0.15, 0.2) is 6.33 Å². The molecule has 12 nitrogen and oxygen atoms in total. The van der Waals surface area contributed by atoms with Gasteiger partial charge in [-0.25, -0.2) is 9.67 Å². The van der Waals surface area contributed by atoms with Crippen LogP contribution in [0.1, 0.15) is 36.1 Å². The van der Waals surface area contributed by atoms with Gasteiger partial charge in [0, 0.05) is 0 Å².